The molecular weight excluding hydrogens is 360 g/mol. The summed E-state index contributed by atoms with van der Waals surface area (Å²) in [5.41, 5.74) is 2.24. The van der Waals surface area contributed by atoms with Crippen LogP contribution >= 0.6 is 0 Å². The van der Waals surface area contributed by atoms with Gasteiger partial charge in [0.25, 0.3) is 11.8 Å². The molecule has 3 atom stereocenters. The third-order valence-corrected chi connectivity index (χ3v) is 5.83. The second-order valence-electron chi connectivity index (χ2n) is 7.13. The van der Waals surface area contributed by atoms with Crippen molar-refractivity contribution in [3.63, 3.8) is 0 Å². The van der Waals surface area contributed by atoms with Crippen molar-refractivity contribution >= 4 is 29.4 Å². The van der Waals surface area contributed by atoms with Gasteiger partial charge in [-0.25, -0.2) is 0 Å². The fourth-order valence-electron chi connectivity index (χ4n) is 4.65. The minimum atomic E-state index is -1.23. The molecule has 2 aromatic rings. The van der Waals surface area contributed by atoms with E-state index in [0.29, 0.717) is 12.1 Å². The molecule has 7 heteroatoms. The second kappa shape index (κ2) is 5.76. The summed E-state index contributed by atoms with van der Waals surface area (Å²) >= 11 is 0. The molecular formula is C21H16N2O5. The average Bonchev–Trinajstić information content (AvgIpc) is 3.31. The van der Waals surface area contributed by atoms with Crippen LogP contribution in [-0.4, -0.2) is 47.8 Å². The smallest absolute Gasteiger partial charge is 0.320 e. The van der Waals surface area contributed by atoms with Crippen LogP contribution in [0.1, 0.15) is 26.3 Å². The molecule has 0 bridgehead atoms. The van der Waals surface area contributed by atoms with Crippen molar-refractivity contribution in [1.82, 2.24) is 4.90 Å². The molecule has 1 fully saturated rings. The van der Waals surface area contributed by atoms with Crippen LogP contribution in [0.5, 0.6) is 0 Å². The molecule has 0 N–H and O–H groups in total. The molecule has 28 heavy (non-hydrogen) atoms. The zero-order chi connectivity index (χ0) is 19.6. The monoisotopic (exact) mass is 376 g/mol. The van der Waals surface area contributed by atoms with E-state index in [1.165, 1.54) is 7.11 Å². The van der Waals surface area contributed by atoms with Gasteiger partial charge in [0.2, 0.25) is 5.91 Å². The first kappa shape index (κ1) is 16.7. The number of carbonyl (C=O) groups excluding carboxylic acids is 4. The molecule has 3 aliphatic heterocycles. The van der Waals surface area contributed by atoms with Gasteiger partial charge in [0.05, 0.1) is 30.3 Å². The molecule has 0 spiro atoms. The van der Waals surface area contributed by atoms with Crippen molar-refractivity contribution in [1.29, 1.82) is 0 Å². The Kier molecular flexibility index (Phi) is 3.43. The van der Waals surface area contributed by atoms with Crippen molar-refractivity contribution in [3.05, 3.63) is 65.2 Å². The SMILES string of the molecule is COC(=O)[C@H]1C(=O)N2c3ccccc3C[C@@H]2[C@@H]1N1C(=O)c2ccccc2C1=O. The molecule has 3 heterocycles. The average molecular weight is 376 g/mol. The number of amides is 3. The summed E-state index contributed by atoms with van der Waals surface area (Å²) in [6.45, 7) is 0. The summed E-state index contributed by atoms with van der Waals surface area (Å²) in [6.07, 6.45) is 0.466. The fraction of sp³-hybridized carbons (Fsp3) is 0.238. The van der Waals surface area contributed by atoms with E-state index in [2.05, 4.69) is 0 Å². The number of nitrogens with zero attached hydrogens (tertiary/aromatic N) is 2. The summed E-state index contributed by atoms with van der Waals surface area (Å²) in [4.78, 5) is 54.4. The first-order valence-corrected chi connectivity index (χ1v) is 9.00. The highest BCUT2D eigenvalue weighted by Crippen LogP contribution is 2.44. The van der Waals surface area contributed by atoms with Crippen molar-refractivity contribution in [2.45, 2.75) is 18.5 Å². The van der Waals surface area contributed by atoms with Crippen molar-refractivity contribution in [2.75, 3.05) is 12.0 Å². The lowest BCUT2D eigenvalue weighted by Crippen LogP contribution is -2.51. The molecule has 5 rings (SSSR count). The lowest BCUT2D eigenvalue weighted by Gasteiger charge is -2.29. The zero-order valence-corrected chi connectivity index (χ0v) is 15.0. The summed E-state index contributed by atoms with van der Waals surface area (Å²) in [5, 5.41) is 0. The number of fused-ring (bicyclic) bond motifs is 4. The summed E-state index contributed by atoms with van der Waals surface area (Å²) < 4.78 is 4.86. The molecule has 2 aromatic carbocycles. The lowest BCUT2D eigenvalue weighted by molar-refractivity contribution is -0.149. The van der Waals surface area contributed by atoms with E-state index >= 15 is 0 Å². The third-order valence-electron chi connectivity index (χ3n) is 5.83. The molecule has 1 saturated heterocycles. The van der Waals surface area contributed by atoms with Gasteiger partial charge < -0.3 is 9.64 Å². The number of ether oxygens (including phenoxy) is 1. The number of rotatable bonds is 2. The number of benzene rings is 2. The van der Waals surface area contributed by atoms with E-state index in [0.717, 1.165) is 10.5 Å². The number of para-hydroxylation sites is 1. The molecule has 0 aliphatic carbocycles. The van der Waals surface area contributed by atoms with Gasteiger partial charge in [0.15, 0.2) is 5.92 Å². The van der Waals surface area contributed by atoms with Crippen LogP contribution in [0.4, 0.5) is 5.69 Å². The topological polar surface area (TPSA) is 84.0 Å². The minimum Gasteiger partial charge on any atom is -0.468 e. The first-order chi connectivity index (χ1) is 13.5. The Bertz CT molecular complexity index is 1030. The number of esters is 1. The van der Waals surface area contributed by atoms with Gasteiger partial charge in [0, 0.05) is 5.69 Å². The number of carbonyl (C=O) groups is 4. The number of hydrogen-bond acceptors (Lipinski definition) is 5. The standard InChI is InChI=1S/C21H16N2O5/c1-28-21(27)16-17(23-18(24)12-7-3-4-8-13(12)19(23)25)15-10-11-6-2-5-9-14(11)22(15)20(16)26/h2-9,15-17H,10H2,1H3/t15-,16-,17+/m1/s1. The van der Waals surface area contributed by atoms with E-state index in [4.69, 9.17) is 4.74 Å². The quantitative estimate of drug-likeness (QED) is 0.450. The highest BCUT2D eigenvalue weighted by molar-refractivity contribution is 6.23. The minimum absolute atomic E-state index is 0.289. The van der Waals surface area contributed by atoms with Gasteiger partial charge in [-0.05, 0) is 30.2 Å². The van der Waals surface area contributed by atoms with Crippen LogP contribution in [0.25, 0.3) is 0 Å². The molecule has 0 saturated carbocycles. The summed E-state index contributed by atoms with van der Waals surface area (Å²) in [6, 6.07) is 12.5. The number of anilines is 1. The Morgan fingerprint density at radius 1 is 0.929 bits per heavy atom. The molecule has 0 aromatic heterocycles. The van der Waals surface area contributed by atoms with Gasteiger partial charge in [-0.1, -0.05) is 30.3 Å². The summed E-state index contributed by atoms with van der Waals surface area (Å²) in [5.74, 6) is -3.37. The highest BCUT2D eigenvalue weighted by atomic mass is 16.5. The highest BCUT2D eigenvalue weighted by Gasteiger charge is 2.60. The van der Waals surface area contributed by atoms with E-state index in [1.807, 2.05) is 24.3 Å². The molecule has 3 aliphatic rings. The normalized spacial score (nSPS) is 25.0. The summed E-state index contributed by atoms with van der Waals surface area (Å²) in [7, 11) is 1.20. The van der Waals surface area contributed by atoms with E-state index in [9.17, 15) is 19.2 Å². The number of imide groups is 1. The maximum absolute atomic E-state index is 13.2. The first-order valence-electron chi connectivity index (χ1n) is 9.00. The predicted molar refractivity (Wildman–Crippen MR) is 97.7 cm³/mol. The zero-order valence-electron chi connectivity index (χ0n) is 15.0. The van der Waals surface area contributed by atoms with Crippen LogP contribution in [0.15, 0.2) is 48.5 Å². The second-order valence-corrected chi connectivity index (χ2v) is 7.13. The van der Waals surface area contributed by atoms with Crippen molar-refractivity contribution in [2.24, 2.45) is 5.92 Å². The van der Waals surface area contributed by atoms with Crippen LogP contribution in [0.2, 0.25) is 0 Å². The maximum atomic E-state index is 13.2. The third kappa shape index (κ3) is 1.98. The van der Waals surface area contributed by atoms with Crippen molar-refractivity contribution < 1.29 is 23.9 Å². The molecule has 0 unspecified atom stereocenters. The Balaban J connectivity index is 1.64. The Hall–Kier alpha value is -3.48. The van der Waals surface area contributed by atoms with Crippen LogP contribution in [-0.2, 0) is 20.7 Å². The predicted octanol–water partition coefficient (Wildman–Crippen LogP) is 1.41. The molecule has 0 radical (unpaired) electrons. The fourth-order valence-corrected chi connectivity index (χ4v) is 4.65. The van der Waals surface area contributed by atoms with Gasteiger partial charge in [-0.3, -0.25) is 24.1 Å². The van der Waals surface area contributed by atoms with E-state index in [-0.39, 0.29) is 11.1 Å². The van der Waals surface area contributed by atoms with Crippen LogP contribution in [0.3, 0.4) is 0 Å². The van der Waals surface area contributed by atoms with Crippen LogP contribution in [0, 0.1) is 5.92 Å². The van der Waals surface area contributed by atoms with Crippen molar-refractivity contribution in [3.8, 4) is 0 Å². The molecule has 3 amide bonds. The van der Waals surface area contributed by atoms with Gasteiger partial charge >= 0.3 is 5.97 Å². The maximum Gasteiger partial charge on any atom is 0.320 e. The largest absolute Gasteiger partial charge is 0.468 e. The van der Waals surface area contributed by atoms with Gasteiger partial charge in [-0.2, -0.15) is 0 Å². The Labute approximate surface area is 160 Å². The Morgan fingerprint density at radius 2 is 1.54 bits per heavy atom. The number of methoxy groups -OCH3 is 1. The van der Waals surface area contributed by atoms with Gasteiger partial charge in [-0.15, -0.1) is 0 Å². The molecule has 7 nitrogen and oxygen atoms in total. The van der Waals surface area contributed by atoms with Crippen LogP contribution < -0.4 is 4.90 Å². The van der Waals surface area contributed by atoms with E-state index in [1.54, 1.807) is 29.2 Å². The Morgan fingerprint density at radius 3 is 2.18 bits per heavy atom. The van der Waals surface area contributed by atoms with E-state index < -0.39 is 41.7 Å². The lowest BCUT2D eigenvalue weighted by atomic mass is 9.93. The van der Waals surface area contributed by atoms with Gasteiger partial charge in [0.1, 0.15) is 0 Å². The number of hydrogen-bond donors (Lipinski definition) is 0. The molecule has 140 valence electrons.